The quantitative estimate of drug-likeness (QED) is 0.661. The van der Waals surface area contributed by atoms with Gasteiger partial charge in [-0.1, -0.05) is 43.2 Å². The SMILES string of the molecule is NC(=O)CN(C(=O)[C@@H]1CCCN1C(=O)OCc1ccccc1)C(=O)C1(N)CCCC1. The zero-order valence-corrected chi connectivity index (χ0v) is 16.9. The van der Waals surface area contributed by atoms with Gasteiger partial charge in [0.2, 0.25) is 11.8 Å². The Hall–Kier alpha value is -2.94. The van der Waals surface area contributed by atoms with Crippen molar-refractivity contribution >= 4 is 23.8 Å². The van der Waals surface area contributed by atoms with Crippen LogP contribution in [-0.4, -0.2) is 58.3 Å². The Kier molecular flexibility index (Phi) is 6.71. The number of benzene rings is 1. The first-order valence-electron chi connectivity index (χ1n) is 10.2. The molecule has 1 aromatic rings. The third-order valence-corrected chi connectivity index (χ3v) is 5.72. The summed E-state index contributed by atoms with van der Waals surface area (Å²) in [5, 5.41) is 0. The number of imide groups is 1. The highest BCUT2D eigenvalue weighted by atomic mass is 16.6. The van der Waals surface area contributed by atoms with Gasteiger partial charge in [-0.2, -0.15) is 0 Å². The largest absolute Gasteiger partial charge is 0.445 e. The minimum atomic E-state index is -1.18. The Morgan fingerprint density at radius 3 is 2.40 bits per heavy atom. The zero-order valence-electron chi connectivity index (χ0n) is 16.9. The Morgan fingerprint density at radius 1 is 1.10 bits per heavy atom. The molecule has 2 aliphatic rings. The van der Waals surface area contributed by atoms with Gasteiger partial charge in [0.05, 0.1) is 5.54 Å². The summed E-state index contributed by atoms with van der Waals surface area (Å²) in [6.45, 7) is -0.149. The number of nitrogens with two attached hydrogens (primary N) is 2. The molecule has 1 heterocycles. The van der Waals surface area contributed by atoms with E-state index in [4.69, 9.17) is 16.2 Å². The molecule has 2 fully saturated rings. The van der Waals surface area contributed by atoms with E-state index in [-0.39, 0.29) is 6.61 Å². The first-order valence-corrected chi connectivity index (χ1v) is 10.2. The molecule has 1 atom stereocenters. The zero-order chi connectivity index (χ0) is 21.7. The maximum Gasteiger partial charge on any atom is 0.410 e. The minimum absolute atomic E-state index is 0.0763. The van der Waals surface area contributed by atoms with Crippen LogP contribution in [0.4, 0.5) is 4.79 Å². The van der Waals surface area contributed by atoms with Crippen molar-refractivity contribution in [3.8, 4) is 0 Å². The van der Waals surface area contributed by atoms with E-state index in [0.29, 0.717) is 32.2 Å². The molecule has 1 aromatic carbocycles. The average molecular weight is 416 g/mol. The van der Waals surface area contributed by atoms with Gasteiger partial charge in [0.1, 0.15) is 19.2 Å². The van der Waals surface area contributed by atoms with Crippen LogP contribution in [0.25, 0.3) is 0 Å². The van der Waals surface area contributed by atoms with Crippen LogP contribution in [0.2, 0.25) is 0 Å². The number of primary amides is 1. The Balaban J connectivity index is 1.71. The minimum Gasteiger partial charge on any atom is -0.445 e. The number of carbonyl (C=O) groups excluding carboxylic acids is 4. The van der Waals surface area contributed by atoms with E-state index in [2.05, 4.69) is 0 Å². The molecule has 1 saturated carbocycles. The van der Waals surface area contributed by atoms with Crippen LogP contribution in [0, 0.1) is 0 Å². The summed E-state index contributed by atoms with van der Waals surface area (Å²) in [7, 11) is 0. The summed E-state index contributed by atoms with van der Waals surface area (Å²) >= 11 is 0. The van der Waals surface area contributed by atoms with Crippen molar-refractivity contribution in [2.75, 3.05) is 13.1 Å². The van der Waals surface area contributed by atoms with E-state index < -0.39 is 41.9 Å². The molecule has 3 rings (SSSR count). The molecule has 9 nitrogen and oxygen atoms in total. The summed E-state index contributed by atoms with van der Waals surface area (Å²) in [6.07, 6.45) is 2.78. The van der Waals surface area contributed by atoms with E-state index in [1.165, 1.54) is 4.90 Å². The van der Waals surface area contributed by atoms with Gasteiger partial charge in [-0.15, -0.1) is 0 Å². The molecule has 0 unspecified atom stereocenters. The van der Waals surface area contributed by atoms with Crippen LogP contribution in [-0.2, 0) is 25.7 Å². The van der Waals surface area contributed by atoms with Crippen LogP contribution in [0.3, 0.4) is 0 Å². The molecule has 30 heavy (non-hydrogen) atoms. The van der Waals surface area contributed by atoms with E-state index >= 15 is 0 Å². The first kappa shape index (κ1) is 21.8. The van der Waals surface area contributed by atoms with Gasteiger partial charge >= 0.3 is 6.09 Å². The lowest BCUT2D eigenvalue weighted by Crippen LogP contribution is -2.60. The number of rotatable bonds is 6. The van der Waals surface area contributed by atoms with Gasteiger partial charge in [0.15, 0.2) is 0 Å². The predicted molar refractivity (Wildman–Crippen MR) is 108 cm³/mol. The fourth-order valence-electron chi connectivity index (χ4n) is 4.12. The van der Waals surface area contributed by atoms with Gasteiger partial charge in [-0.25, -0.2) is 4.79 Å². The molecule has 0 spiro atoms. The van der Waals surface area contributed by atoms with E-state index in [0.717, 1.165) is 23.3 Å². The lowest BCUT2D eigenvalue weighted by atomic mass is 9.96. The molecule has 162 valence electrons. The lowest BCUT2D eigenvalue weighted by Gasteiger charge is -2.33. The van der Waals surface area contributed by atoms with Crippen LogP contribution >= 0.6 is 0 Å². The van der Waals surface area contributed by atoms with Gasteiger partial charge in [0, 0.05) is 6.54 Å². The van der Waals surface area contributed by atoms with Crippen LogP contribution in [0.5, 0.6) is 0 Å². The standard InChI is InChI=1S/C21H28N4O5/c22-17(26)13-25(19(28)21(23)10-4-5-11-21)18(27)16-9-6-12-24(16)20(29)30-14-15-7-2-1-3-8-15/h1-3,7-8,16H,4-6,9-14,23H2,(H2,22,26)/t16-/m0/s1. The molecule has 0 bridgehead atoms. The highest BCUT2D eigenvalue weighted by Gasteiger charge is 2.46. The smallest absolute Gasteiger partial charge is 0.410 e. The fraction of sp³-hybridized carbons (Fsp3) is 0.524. The van der Waals surface area contributed by atoms with Crippen molar-refractivity contribution in [3.05, 3.63) is 35.9 Å². The average Bonchev–Trinajstić information content (AvgIpc) is 3.40. The maximum absolute atomic E-state index is 13.2. The van der Waals surface area contributed by atoms with Crippen molar-refractivity contribution < 1.29 is 23.9 Å². The van der Waals surface area contributed by atoms with Crippen LogP contribution in [0.15, 0.2) is 30.3 Å². The van der Waals surface area contributed by atoms with Crippen molar-refractivity contribution in [3.63, 3.8) is 0 Å². The van der Waals surface area contributed by atoms with E-state index in [9.17, 15) is 19.2 Å². The summed E-state index contributed by atoms with van der Waals surface area (Å²) in [6, 6.07) is 8.31. The first-order chi connectivity index (χ1) is 14.3. The number of likely N-dealkylation sites (tertiary alicyclic amines) is 1. The van der Waals surface area contributed by atoms with Gasteiger partial charge < -0.3 is 16.2 Å². The molecular formula is C21H28N4O5. The Morgan fingerprint density at radius 2 is 1.77 bits per heavy atom. The number of carbonyl (C=O) groups is 4. The van der Waals surface area contributed by atoms with Crippen molar-refractivity contribution in [1.82, 2.24) is 9.80 Å². The van der Waals surface area contributed by atoms with Gasteiger partial charge in [-0.05, 0) is 31.2 Å². The van der Waals surface area contributed by atoms with Crippen LogP contribution < -0.4 is 11.5 Å². The summed E-state index contributed by atoms with van der Waals surface area (Å²) in [5.41, 5.74) is 11.2. The second-order valence-corrected chi connectivity index (χ2v) is 7.95. The van der Waals surface area contributed by atoms with Crippen molar-refractivity contribution in [1.29, 1.82) is 0 Å². The Labute approximate surface area is 175 Å². The highest BCUT2D eigenvalue weighted by molar-refractivity contribution is 6.05. The van der Waals surface area contributed by atoms with Gasteiger partial charge in [0.25, 0.3) is 5.91 Å². The second-order valence-electron chi connectivity index (χ2n) is 7.95. The number of amides is 4. The second kappa shape index (κ2) is 9.25. The molecule has 1 saturated heterocycles. The number of ether oxygens (including phenoxy) is 1. The third-order valence-electron chi connectivity index (χ3n) is 5.72. The van der Waals surface area contributed by atoms with E-state index in [1.807, 2.05) is 30.3 Å². The fourth-order valence-corrected chi connectivity index (χ4v) is 4.12. The van der Waals surface area contributed by atoms with E-state index in [1.54, 1.807) is 0 Å². The number of hydrogen-bond donors (Lipinski definition) is 2. The molecule has 1 aliphatic carbocycles. The third kappa shape index (κ3) is 4.79. The Bertz CT molecular complexity index is 807. The van der Waals surface area contributed by atoms with Crippen molar-refractivity contribution in [2.24, 2.45) is 11.5 Å². The molecule has 4 amide bonds. The summed E-state index contributed by atoms with van der Waals surface area (Å²) < 4.78 is 5.35. The molecule has 0 radical (unpaired) electrons. The number of nitrogens with zero attached hydrogens (tertiary/aromatic N) is 2. The molecule has 0 aromatic heterocycles. The molecular weight excluding hydrogens is 388 g/mol. The normalized spacial score (nSPS) is 20.0. The molecule has 4 N–H and O–H groups in total. The van der Waals surface area contributed by atoms with Crippen LogP contribution in [0.1, 0.15) is 44.1 Å². The summed E-state index contributed by atoms with van der Waals surface area (Å²) in [5.74, 6) is -2.05. The molecule has 1 aliphatic heterocycles. The highest BCUT2D eigenvalue weighted by Crippen LogP contribution is 2.30. The van der Waals surface area contributed by atoms with Crippen molar-refractivity contribution in [2.45, 2.75) is 56.7 Å². The summed E-state index contributed by atoms with van der Waals surface area (Å²) in [4.78, 5) is 52.5. The molecule has 9 heteroatoms. The van der Waals surface area contributed by atoms with Gasteiger partial charge in [-0.3, -0.25) is 24.2 Å². The number of hydrogen-bond acceptors (Lipinski definition) is 6. The maximum atomic E-state index is 13.2. The lowest BCUT2D eigenvalue weighted by molar-refractivity contribution is -0.153. The predicted octanol–water partition coefficient (Wildman–Crippen LogP) is 0.900. The topological polar surface area (TPSA) is 136 Å². The monoisotopic (exact) mass is 416 g/mol.